The van der Waals surface area contributed by atoms with Gasteiger partial charge in [-0.05, 0) is 19.3 Å². The van der Waals surface area contributed by atoms with Crippen molar-refractivity contribution in [2.75, 3.05) is 26.2 Å². The molecular formula is C12H21N3O3. The van der Waals surface area contributed by atoms with Gasteiger partial charge in [-0.15, -0.1) is 0 Å². The zero-order chi connectivity index (χ0) is 13.2. The quantitative estimate of drug-likeness (QED) is 0.713. The average molecular weight is 255 g/mol. The average Bonchev–Trinajstić information content (AvgIpc) is 2.59. The predicted molar refractivity (Wildman–Crippen MR) is 66.2 cm³/mol. The molecule has 2 rings (SSSR count). The molecule has 0 bridgehead atoms. The molecule has 2 aliphatic heterocycles. The van der Waals surface area contributed by atoms with Gasteiger partial charge in [0.15, 0.2) is 0 Å². The number of hydrogen-bond donors (Lipinski definition) is 2. The summed E-state index contributed by atoms with van der Waals surface area (Å²) in [6.07, 6.45) is 4.74. The lowest BCUT2D eigenvalue weighted by molar-refractivity contribution is -0.142. The van der Waals surface area contributed by atoms with Crippen LogP contribution in [0.25, 0.3) is 0 Å². The van der Waals surface area contributed by atoms with Gasteiger partial charge in [-0.2, -0.15) is 0 Å². The summed E-state index contributed by atoms with van der Waals surface area (Å²) in [6.45, 7) is 2.12. The first kappa shape index (κ1) is 13.1. The van der Waals surface area contributed by atoms with Crippen LogP contribution in [0.2, 0.25) is 0 Å². The highest BCUT2D eigenvalue weighted by Gasteiger charge is 2.43. The van der Waals surface area contributed by atoms with Crippen molar-refractivity contribution in [2.45, 2.75) is 37.6 Å². The molecule has 102 valence electrons. The van der Waals surface area contributed by atoms with Crippen LogP contribution in [-0.4, -0.2) is 58.6 Å². The van der Waals surface area contributed by atoms with Crippen molar-refractivity contribution in [2.24, 2.45) is 5.73 Å². The van der Waals surface area contributed by atoms with Gasteiger partial charge < -0.3 is 20.6 Å². The van der Waals surface area contributed by atoms with E-state index < -0.39 is 11.5 Å². The number of carbonyl (C=O) groups excluding carboxylic acids is 1. The summed E-state index contributed by atoms with van der Waals surface area (Å²) in [4.78, 5) is 26.7. The molecule has 0 spiro atoms. The van der Waals surface area contributed by atoms with Gasteiger partial charge in [0.1, 0.15) is 5.54 Å². The first-order valence-electron chi connectivity index (χ1n) is 6.59. The summed E-state index contributed by atoms with van der Waals surface area (Å²) in [5.41, 5.74) is 4.52. The fraction of sp³-hybridized carbons (Fsp3) is 0.833. The van der Waals surface area contributed by atoms with Gasteiger partial charge in [0.25, 0.3) is 0 Å². The van der Waals surface area contributed by atoms with Crippen LogP contribution in [0.4, 0.5) is 4.79 Å². The van der Waals surface area contributed by atoms with E-state index in [1.54, 1.807) is 4.90 Å². The molecule has 0 aromatic heterocycles. The number of aliphatic carboxylic acids is 1. The van der Waals surface area contributed by atoms with Gasteiger partial charge in [0.05, 0.1) is 6.54 Å². The molecule has 0 saturated carbocycles. The van der Waals surface area contributed by atoms with Crippen molar-refractivity contribution in [1.29, 1.82) is 0 Å². The van der Waals surface area contributed by atoms with E-state index in [1.807, 2.05) is 4.90 Å². The van der Waals surface area contributed by atoms with Crippen LogP contribution in [0.3, 0.4) is 0 Å². The lowest BCUT2D eigenvalue weighted by Crippen LogP contribution is -2.52. The Kier molecular flexibility index (Phi) is 3.75. The zero-order valence-corrected chi connectivity index (χ0v) is 10.6. The maximum Gasteiger partial charge on any atom is 0.325 e. The zero-order valence-electron chi connectivity index (χ0n) is 10.6. The van der Waals surface area contributed by atoms with Gasteiger partial charge in [0, 0.05) is 19.6 Å². The molecule has 0 aliphatic carbocycles. The second kappa shape index (κ2) is 5.14. The molecule has 0 aromatic carbocycles. The minimum absolute atomic E-state index is 0.0505. The molecule has 2 saturated heterocycles. The standard InChI is InChI=1S/C12H21N3O3/c13-12(10(16)17)5-8-15(9-12)11(18)14-6-3-1-2-4-7-14/h1-9,13H2,(H,16,17). The first-order chi connectivity index (χ1) is 8.53. The first-order valence-corrected chi connectivity index (χ1v) is 6.59. The van der Waals surface area contributed by atoms with Crippen LogP contribution in [0.1, 0.15) is 32.1 Å². The van der Waals surface area contributed by atoms with Crippen LogP contribution < -0.4 is 5.73 Å². The van der Waals surface area contributed by atoms with Crippen molar-refractivity contribution in [3.05, 3.63) is 0 Å². The normalized spacial score (nSPS) is 29.2. The van der Waals surface area contributed by atoms with Crippen molar-refractivity contribution in [1.82, 2.24) is 9.80 Å². The number of carboxylic acid groups (broad SMARTS) is 1. The second-order valence-electron chi connectivity index (χ2n) is 5.32. The topological polar surface area (TPSA) is 86.9 Å². The van der Waals surface area contributed by atoms with E-state index in [-0.39, 0.29) is 12.6 Å². The van der Waals surface area contributed by atoms with Crippen molar-refractivity contribution in [3.8, 4) is 0 Å². The van der Waals surface area contributed by atoms with Gasteiger partial charge >= 0.3 is 12.0 Å². The summed E-state index contributed by atoms with van der Waals surface area (Å²) in [6, 6.07) is -0.0505. The van der Waals surface area contributed by atoms with Gasteiger partial charge in [-0.1, -0.05) is 12.8 Å². The molecule has 2 amide bonds. The van der Waals surface area contributed by atoms with E-state index in [0.717, 1.165) is 25.9 Å². The van der Waals surface area contributed by atoms with E-state index >= 15 is 0 Å². The maximum atomic E-state index is 12.3. The summed E-state index contributed by atoms with van der Waals surface area (Å²) in [5.74, 6) is -1.02. The summed E-state index contributed by atoms with van der Waals surface area (Å²) in [7, 11) is 0. The number of urea groups is 1. The number of carbonyl (C=O) groups is 2. The van der Waals surface area contributed by atoms with Gasteiger partial charge in [0.2, 0.25) is 0 Å². The lowest BCUT2D eigenvalue weighted by atomic mass is 10.0. The second-order valence-corrected chi connectivity index (χ2v) is 5.32. The summed E-state index contributed by atoms with van der Waals surface area (Å²) < 4.78 is 0. The smallest absolute Gasteiger partial charge is 0.325 e. The molecule has 6 heteroatoms. The molecule has 18 heavy (non-hydrogen) atoms. The van der Waals surface area contributed by atoms with Crippen LogP contribution in [0.15, 0.2) is 0 Å². The Bertz CT molecular complexity index is 339. The molecule has 1 atom stereocenters. The highest BCUT2D eigenvalue weighted by Crippen LogP contribution is 2.21. The molecule has 2 heterocycles. The maximum absolute atomic E-state index is 12.3. The number of nitrogens with two attached hydrogens (primary N) is 1. The largest absolute Gasteiger partial charge is 0.480 e. The molecule has 0 radical (unpaired) electrons. The van der Waals surface area contributed by atoms with E-state index in [1.165, 1.54) is 12.8 Å². The van der Waals surface area contributed by atoms with Crippen molar-refractivity contribution < 1.29 is 14.7 Å². The predicted octanol–water partition coefficient (Wildman–Crippen LogP) is 0.470. The lowest BCUT2D eigenvalue weighted by Gasteiger charge is -2.27. The Balaban J connectivity index is 1.96. The molecule has 1 unspecified atom stereocenters. The number of nitrogens with zero attached hydrogens (tertiary/aromatic N) is 2. The van der Waals surface area contributed by atoms with Crippen molar-refractivity contribution in [3.63, 3.8) is 0 Å². The highest BCUT2D eigenvalue weighted by atomic mass is 16.4. The summed E-state index contributed by atoms with van der Waals surface area (Å²) >= 11 is 0. The van der Waals surface area contributed by atoms with E-state index in [0.29, 0.717) is 13.0 Å². The number of amides is 2. The molecule has 3 N–H and O–H groups in total. The van der Waals surface area contributed by atoms with Gasteiger partial charge in [-0.25, -0.2) is 4.79 Å². The van der Waals surface area contributed by atoms with E-state index in [9.17, 15) is 9.59 Å². The molecule has 2 fully saturated rings. The Morgan fingerprint density at radius 2 is 1.61 bits per heavy atom. The van der Waals surface area contributed by atoms with E-state index in [4.69, 9.17) is 10.8 Å². The minimum Gasteiger partial charge on any atom is -0.480 e. The number of rotatable bonds is 1. The SMILES string of the molecule is NC1(C(=O)O)CCN(C(=O)N2CCCCCC2)C1. The number of likely N-dealkylation sites (tertiary alicyclic amines) is 2. The fourth-order valence-electron chi connectivity index (χ4n) is 2.63. The Morgan fingerprint density at radius 3 is 2.11 bits per heavy atom. The van der Waals surface area contributed by atoms with Crippen LogP contribution in [-0.2, 0) is 4.79 Å². The molecule has 6 nitrogen and oxygen atoms in total. The Morgan fingerprint density at radius 1 is 1.00 bits per heavy atom. The van der Waals surface area contributed by atoms with Crippen LogP contribution >= 0.6 is 0 Å². The van der Waals surface area contributed by atoms with Crippen LogP contribution in [0, 0.1) is 0 Å². The fourth-order valence-corrected chi connectivity index (χ4v) is 2.63. The number of carboxylic acids is 1. The molecule has 0 aromatic rings. The monoisotopic (exact) mass is 255 g/mol. The van der Waals surface area contributed by atoms with Crippen molar-refractivity contribution >= 4 is 12.0 Å². The third-order valence-corrected chi connectivity index (χ3v) is 3.87. The number of hydrogen-bond acceptors (Lipinski definition) is 3. The minimum atomic E-state index is -1.26. The molecular weight excluding hydrogens is 234 g/mol. The highest BCUT2D eigenvalue weighted by molar-refractivity contribution is 5.82. The summed E-state index contributed by atoms with van der Waals surface area (Å²) in [5, 5.41) is 9.05. The molecule has 2 aliphatic rings. The third-order valence-electron chi connectivity index (χ3n) is 3.87. The van der Waals surface area contributed by atoms with E-state index in [2.05, 4.69) is 0 Å². The third kappa shape index (κ3) is 2.58. The Hall–Kier alpha value is -1.30. The van der Waals surface area contributed by atoms with Gasteiger partial charge in [-0.3, -0.25) is 4.79 Å². The van der Waals surface area contributed by atoms with Crippen LogP contribution in [0.5, 0.6) is 0 Å². The Labute approximate surface area is 107 Å².